The van der Waals surface area contributed by atoms with Crippen molar-refractivity contribution >= 4 is 26.8 Å². The first kappa shape index (κ1) is 8.72. The lowest BCUT2D eigenvalue weighted by atomic mass is 10.1. The Morgan fingerprint density at radius 2 is 2.31 bits per heavy atom. The lowest BCUT2D eigenvalue weighted by Gasteiger charge is -2.02. The molecule has 0 atom stereocenters. The molecular formula is C9H10BrN3. The Morgan fingerprint density at radius 3 is 3.00 bits per heavy atom. The Bertz CT molecular complexity index is 447. The Balaban J connectivity index is 2.80. The van der Waals surface area contributed by atoms with Gasteiger partial charge in [0.05, 0.1) is 11.7 Å². The van der Waals surface area contributed by atoms with Gasteiger partial charge in [-0.25, -0.2) is 0 Å². The average Bonchev–Trinajstić information content (AvgIpc) is 2.50. The molecule has 2 N–H and O–H groups in total. The van der Waals surface area contributed by atoms with Gasteiger partial charge in [-0.05, 0) is 27.6 Å². The van der Waals surface area contributed by atoms with E-state index in [2.05, 4.69) is 21.0 Å². The van der Waals surface area contributed by atoms with Gasteiger partial charge in [0.25, 0.3) is 0 Å². The van der Waals surface area contributed by atoms with Gasteiger partial charge in [-0.3, -0.25) is 4.68 Å². The van der Waals surface area contributed by atoms with E-state index in [1.165, 1.54) is 0 Å². The maximum Gasteiger partial charge on any atom is 0.0690 e. The van der Waals surface area contributed by atoms with Crippen LogP contribution in [0.25, 0.3) is 10.9 Å². The van der Waals surface area contributed by atoms with E-state index in [1.54, 1.807) is 0 Å². The van der Waals surface area contributed by atoms with Crippen molar-refractivity contribution in [2.45, 2.75) is 6.54 Å². The molecule has 0 spiro atoms. The van der Waals surface area contributed by atoms with Crippen LogP contribution in [0.2, 0.25) is 0 Å². The van der Waals surface area contributed by atoms with Gasteiger partial charge in [-0.15, -0.1) is 0 Å². The number of rotatable bonds is 1. The minimum Gasteiger partial charge on any atom is -0.326 e. The predicted molar refractivity (Wildman–Crippen MR) is 56.3 cm³/mol. The van der Waals surface area contributed by atoms with Crippen molar-refractivity contribution < 1.29 is 0 Å². The van der Waals surface area contributed by atoms with Crippen molar-refractivity contribution in [3.63, 3.8) is 0 Å². The number of halogens is 1. The number of hydrogen-bond acceptors (Lipinski definition) is 2. The fourth-order valence-electron chi connectivity index (χ4n) is 1.40. The summed E-state index contributed by atoms with van der Waals surface area (Å²) >= 11 is 3.52. The summed E-state index contributed by atoms with van der Waals surface area (Å²) in [5.41, 5.74) is 7.82. The van der Waals surface area contributed by atoms with Crippen LogP contribution >= 0.6 is 15.9 Å². The van der Waals surface area contributed by atoms with Crippen molar-refractivity contribution in [1.82, 2.24) is 9.78 Å². The van der Waals surface area contributed by atoms with Crippen molar-refractivity contribution in [3.8, 4) is 0 Å². The van der Waals surface area contributed by atoms with Crippen LogP contribution in [0.5, 0.6) is 0 Å². The standard InChI is InChI=1S/C9H10BrN3/c1-13-8-3-2-6(4-11)9(10)7(8)5-12-13/h2-3,5H,4,11H2,1H3. The Morgan fingerprint density at radius 1 is 1.54 bits per heavy atom. The third-order valence-corrected chi connectivity index (χ3v) is 3.10. The Labute approximate surface area is 84.7 Å². The summed E-state index contributed by atoms with van der Waals surface area (Å²) in [6, 6.07) is 4.06. The van der Waals surface area contributed by atoms with Crippen molar-refractivity contribution in [2.75, 3.05) is 0 Å². The van der Waals surface area contributed by atoms with Crippen LogP contribution in [0.1, 0.15) is 5.56 Å². The number of aryl methyl sites for hydroxylation is 1. The molecule has 0 radical (unpaired) electrons. The van der Waals surface area contributed by atoms with E-state index in [1.807, 2.05) is 30.1 Å². The molecule has 1 aromatic carbocycles. The number of fused-ring (bicyclic) bond motifs is 1. The predicted octanol–water partition coefficient (Wildman–Crippen LogP) is 1.79. The second-order valence-corrected chi connectivity index (χ2v) is 3.74. The van der Waals surface area contributed by atoms with E-state index in [9.17, 15) is 0 Å². The van der Waals surface area contributed by atoms with Crippen LogP contribution in [0.15, 0.2) is 22.8 Å². The zero-order chi connectivity index (χ0) is 9.42. The molecule has 0 bridgehead atoms. The molecule has 0 aliphatic heterocycles. The van der Waals surface area contributed by atoms with E-state index >= 15 is 0 Å². The molecule has 0 fully saturated rings. The van der Waals surface area contributed by atoms with Crippen LogP contribution < -0.4 is 5.73 Å². The largest absolute Gasteiger partial charge is 0.326 e. The molecule has 0 saturated carbocycles. The van der Waals surface area contributed by atoms with Gasteiger partial charge in [-0.1, -0.05) is 6.07 Å². The van der Waals surface area contributed by atoms with Gasteiger partial charge in [0.15, 0.2) is 0 Å². The fourth-order valence-corrected chi connectivity index (χ4v) is 2.00. The van der Waals surface area contributed by atoms with Crippen molar-refractivity contribution in [3.05, 3.63) is 28.4 Å². The second kappa shape index (κ2) is 3.12. The minimum absolute atomic E-state index is 0.547. The molecule has 0 unspecified atom stereocenters. The highest BCUT2D eigenvalue weighted by atomic mass is 79.9. The molecular weight excluding hydrogens is 230 g/mol. The van der Waals surface area contributed by atoms with E-state index in [4.69, 9.17) is 5.73 Å². The first-order valence-corrected chi connectivity index (χ1v) is 4.82. The summed E-state index contributed by atoms with van der Waals surface area (Å²) in [5.74, 6) is 0. The molecule has 2 aromatic rings. The topological polar surface area (TPSA) is 43.8 Å². The van der Waals surface area contributed by atoms with E-state index in [0.29, 0.717) is 6.54 Å². The molecule has 0 aliphatic carbocycles. The second-order valence-electron chi connectivity index (χ2n) is 2.94. The van der Waals surface area contributed by atoms with E-state index in [0.717, 1.165) is 20.9 Å². The molecule has 1 heterocycles. The summed E-state index contributed by atoms with van der Waals surface area (Å²) in [6.07, 6.45) is 1.85. The summed E-state index contributed by atoms with van der Waals surface area (Å²) in [7, 11) is 1.93. The molecule has 2 rings (SSSR count). The average molecular weight is 240 g/mol. The summed E-state index contributed by atoms with van der Waals surface area (Å²) in [4.78, 5) is 0. The summed E-state index contributed by atoms with van der Waals surface area (Å²) in [6.45, 7) is 0.547. The first-order chi connectivity index (χ1) is 6.24. The maximum atomic E-state index is 5.59. The van der Waals surface area contributed by atoms with E-state index < -0.39 is 0 Å². The number of nitrogens with two attached hydrogens (primary N) is 1. The van der Waals surface area contributed by atoms with Crippen LogP contribution in [0.3, 0.4) is 0 Å². The third-order valence-electron chi connectivity index (χ3n) is 2.17. The smallest absolute Gasteiger partial charge is 0.0690 e. The van der Waals surface area contributed by atoms with Crippen LogP contribution in [0, 0.1) is 0 Å². The quantitative estimate of drug-likeness (QED) is 0.825. The first-order valence-electron chi connectivity index (χ1n) is 4.03. The minimum atomic E-state index is 0.547. The molecule has 0 amide bonds. The summed E-state index contributed by atoms with van der Waals surface area (Å²) < 4.78 is 2.90. The van der Waals surface area contributed by atoms with Crippen molar-refractivity contribution in [1.29, 1.82) is 0 Å². The van der Waals surface area contributed by atoms with Crippen LogP contribution in [-0.4, -0.2) is 9.78 Å². The zero-order valence-corrected chi connectivity index (χ0v) is 8.87. The zero-order valence-electron chi connectivity index (χ0n) is 7.29. The maximum absolute atomic E-state index is 5.59. The number of benzene rings is 1. The van der Waals surface area contributed by atoms with Gasteiger partial charge >= 0.3 is 0 Å². The fraction of sp³-hybridized carbons (Fsp3) is 0.222. The SMILES string of the molecule is Cn1ncc2c(Br)c(CN)ccc21. The molecule has 68 valence electrons. The van der Waals surface area contributed by atoms with Gasteiger partial charge < -0.3 is 5.73 Å². The molecule has 1 aromatic heterocycles. The Kier molecular flexibility index (Phi) is 2.09. The number of nitrogens with zero attached hydrogens (tertiary/aromatic N) is 2. The van der Waals surface area contributed by atoms with Crippen LogP contribution in [0.4, 0.5) is 0 Å². The van der Waals surface area contributed by atoms with E-state index in [-0.39, 0.29) is 0 Å². The lowest BCUT2D eigenvalue weighted by molar-refractivity contribution is 0.797. The highest BCUT2D eigenvalue weighted by Gasteiger charge is 2.06. The van der Waals surface area contributed by atoms with Gasteiger partial charge in [-0.2, -0.15) is 5.10 Å². The monoisotopic (exact) mass is 239 g/mol. The third kappa shape index (κ3) is 1.26. The highest BCUT2D eigenvalue weighted by Crippen LogP contribution is 2.26. The summed E-state index contributed by atoms with van der Waals surface area (Å²) in [5, 5.41) is 5.29. The molecule has 3 nitrogen and oxygen atoms in total. The number of hydrogen-bond donors (Lipinski definition) is 1. The molecule has 4 heteroatoms. The number of aromatic nitrogens is 2. The van der Waals surface area contributed by atoms with Gasteiger partial charge in [0, 0.05) is 23.5 Å². The molecule has 0 saturated heterocycles. The lowest BCUT2D eigenvalue weighted by Crippen LogP contribution is -1.97. The van der Waals surface area contributed by atoms with Gasteiger partial charge in [0.1, 0.15) is 0 Å². The van der Waals surface area contributed by atoms with Crippen LogP contribution in [-0.2, 0) is 13.6 Å². The molecule has 0 aliphatic rings. The van der Waals surface area contributed by atoms with Gasteiger partial charge in [0.2, 0.25) is 0 Å². The van der Waals surface area contributed by atoms with Crippen molar-refractivity contribution in [2.24, 2.45) is 12.8 Å². The molecule has 13 heavy (non-hydrogen) atoms. The Hall–Kier alpha value is -0.870. The normalized spacial score (nSPS) is 11.0. The highest BCUT2D eigenvalue weighted by molar-refractivity contribution is 9.10.